The van der Waals surface area contributed by atoms with E-state index in [4.69, 9.17) is 5.11 Å². The van der Waals surface area contributed by atoms with Gasteiger partial charge in [-0.15, -0.1) is 0 Å². The van der Waals surface area contributed by atoms with Gasteiger partial charge in [0.05, 0.1) is 0 Å². The monoisotopic (exact) mass is 162 g/mol. The van der Waals surface area contributed by atoms with E-state index in [0.29, 0.717) is 12.8 Å². The Morgan fingerprint density at radius 2 is 1.91 bits per heavy atom. The molecule has 0 radical (unpaired) electrons. The van der Waals surface area contributed by atoms with Gasteiger partial charge in [-0.1, -0.05) is 13.8 Å². The molecule has 0 aromatic carbocycles. The molecule has 0 rings (SSSR count). The number of aliphatic hydroxyl groups is 1. The van der Waals surface area contributed by atoms with Gasteiger partial charge in [0.2, 0.25) is 0 Å². The third-order valence-corrected chi connectivity index (χ3v) is 1.12. The summed E-state index contributed by atoms with van der Waals surface area (Å²) in [5, 5.41) is 8.44. The third-order valence-electron chi connectivity index (χ3n) is 1.12. The lowest BCUT2D eigenvalue weighted by molar-refractivity contribution is -0.116. The Kier molecular flexibility index (Phi) is 11.5. The minimum atomic E-state index is -0.565. The van der Waals surface area contributed by atoms with E-state index in [9.17, 15) is 4.79 Å². The van der Waals surface area contributed by atoms with E-state index in [2.05, 4.69) is 4.74 Å². The quantitative estimate of drug-likeness (QED) is 0.637. The van der Waals surface area contributed by atoms with Crippen molar-refractivity contribution in [3.05, 3.63) is 0 Å². The number of carbonyl (C=O) groups is 1. The van der Waals surface area contributed by atoms with E-state index in [-0.39, 0.29) is 5.78 Å². The summed E-state index contributed by atoms with van der Waals surface area (Å²) >= 11 is 0. The van der Waals surface area contributed by atoms with Crippen molar-refractivity contribution < 1.29 is 14.6 Å². The highest BCUT2D eigenvalue weighted by Crippen LogP contribution is 1.85. The zero-order valence-electron chi connectivity index (χ0n) is 7.76. The van der Waals surface area contributed by atoms with Crippen LogP contribution in [0.1, 0.15) is 33.6 Å². The average molecular weight is 162 g/mol. The number of ether oxygens (including phenoxy) is 1. The van der Waals surface area contributed by atoms with Gasteiger partial charge in [0, 0.05) is 13.5 Å². The van der Waals surface area contributed by atoms with Gasteiger partial charge >= 0.3 is 0 Å². The van der Waals surface area contributed by atoms with E-state index in [1.165, 1.54) is 7.11 Å². The highest BCUT2D eigenvalue weighted by atomic mass is 16.6. The first kappa shape index (κ1) is 13.2. The van der Waals surface area contributed by atoms with Crippen LogP contribution < -0.4 is 0 Å². The fraction of sp³-hybridized carbons (Fsp3) is 0.875. The van der Waals surface area contributed by atoms with E-state index >= 15 is 0 Å². The Labute approximate surface area is 68.4 Å². The van der Waals surface area contributed by atoms with Crippen molar-refractivity contribution in [1.29, 1.82) is 0 Å². The molecule has 0 bridgehead atoms. The summed E-state index contributed by atoms with van der Waals surface area (Å²) in [5.41, 5.74) is 0. The summed E-state index contributed by atoms with van der Waals surface area (Å²) < 4.78 is 4.45. The summed E-state index contributed by atoms with van der Waals surface area (Å²) in [6, 6.07) is 0. The van der Waals surface area contributed by atoms with Gasteiger partial charge in [0.15, 0.2) is 6.29 Å². The lowest BCUT2D eigenvalue weighted by atomic mass is 10.4. The second kappa shape index (κ2) is 9.59. The van der Waals surface area contributed by atoms with Crippen LogP contribution in [0.5, 0.6) is 0 Å². The van der Waals surface area contributed by atoms with E-state index in [0.717, 1.165) is 0 Å². The Bertz CT molecular complexity index is 87.3. The molecule has 0 aliphatic heterocycles. The van der Waals surface area contributed by atoms with Crippen molar-refractivity contribution in [2.24, 2.45) is 0 Å². The number of rotatable bonds is 3. The molecule has 11 heavy (non-hydrogen) atoms. The van der Waals surface area contributed by atoms with Crippen LogP contribution in [0.3, 0.4) is 0 Å². The molecule has 0 aliphatic carbocycles. The molecular formula is C8H18O3. The van der Waals surface area contributed by atoms with E-state index < -0.39 is 6.29 Å². The Balaban J connectivity index is 0. The minimum absolute atomic E-state index is 0.255. The van der Waals surface area contributed by atoms with Crippen LogP contribution in [0.25, 0.3) is 0 Å². The molecule has 0 aromatic rings. The van der Waals surface area contributed by atoms with Gasteiger partial charge in [-0.25, -0.2) is 0 Å². The van der Waals surface area contributed by atoms with Gasteiger partial charge in [0.1, 0.15) is 5.78 Å². The lowest BCUT2D eigenvalue weighted by Gasteiger charge is -2.00. The molecule has 0 aromatic heterocycles. The van der Waals surface area contributed by atoms with Crippen molar-refractivity contribution in [2.45, 2.75) is 39.9 Å². The van der Waals surface area contributed by atoms with Crippen LogP contribution in [-0.2, 0) is 9.53 Å². The average Bonchev–Trinajstić information content (AvgIpc) is 2.04. The van der Waals surface area contributed by atoms with Gasteiger partial charge < -0.3 is 14.6 Å². The summed E-state index contributed by atoms with van der Waals surface area (Å²) in [4.78, 5) is 9.81. The smallest absolute Gasteiger partial charge is 0.153 e. The molecule has 0 spiro atoms. The summed E-state index contributed by atoms with van der Waals surface area (Å²) in [6.45, 7) is 5.29. The molecule has 68 valence electrons. The maximum Gasteiger partial charge on any atom is 0.153 e. The largest absolute Gasteiger partial charge is 0.368 e. The van der Waals surface area contributed by atoms with Crippen LogP contribution in [0.4, 0.5) is 0 Å². The predicted molar refractivity (Wildman–Crippen MR) is 44.3 cm³/mol. The summed E-state index contributed by atoms with van der Waals surface area (Å²) in [6.07, 6.45) is 0.765. The second-order valence-electron chi connectivity index (χ2n) is 2.15. The molecule has 0 heterocycles. The van der Waals surface area contributed by atoms with Crippen LogP contribution in [0, 0.1) is 0 Å². The topological polar surface area (TPSA) is 46.5 Å². The Hall–Kier alpha value is -0.410. The first-order chi connectivity index (χ1) is 5.08. The van der Waals surface area contributed by atoms with E-state index in [1.807, 2.05) is 13.8 Å². The predicted octanol–water partition coefficient (Wildman–Crippen LogP) is 1.35. The fourth-order valence-electron chi connectivity index (χ4n) is 0.167. The van der Waals surface area contributed by atoms with Crippen molar-refractivity contribution in [1.82, 2.24) is 0 Å². The van der Waals surface area contributed by atoms with Crippen LogP contribution in [0.15, 0.2) is 0 Å². The molecule has 1 atom stereocenters. The third kappa shape index (κ3) is 17.7. The molecule has 3 heteroatoms. The SMILES string of the molecule is CCC(C)=O.CCC(O)OC. The normalized spacial score (nSPS) is 11.4. The fourth-order valence-corrected chi connectivity index (χ4v) is 0.167. The number of hydrogen-bond acceptors (Lipinski definition) is 3. The summed E-state index contributed by atoms with van der Waals surface area (Å²) in [7, 11) is 1.48. The van der Waals surface area contributed by atoms with Crippen molar-refractivity contribution in [3.63, 3.8) is 0 Å². The van der Waals surface area contributed by atoms with Crippen LogP contribution >= 0.6 is 0 Å². The number of methoxy groups -OCH3 is 1. The Morgan fingerprint density at radius 1 is 1.55 bits per heavy atom. The summed E-state index contributed by atoms with van der Waals surface area (Å²) in [5.74, 6) is 0.255. The minimum Gasteiger partial charge on any atom is -0.368 e. The highest BCUT2D eigenvalue weighted by Gasteiger charge is 1.90. The number of aliphatic hydroxyl groups excluding tert-OH is 1. The maximum atomic E-state index is 9.81. The lowest BCUT2D eigenvalue weighted by Crippen LogP contribution is -2.05. The van der Waals surface area contributed by atoms with Gasteiger partial charge in [-0.3, -0.25) is 0 Å². The first-order valence-corrected chi connectivity index (χ1v) is 3.78. The number of Topliss-reactive ketones (excluding diaryl/α,β-unsaturated/α-hetero) is 1. The zero-order chi connectivity index (χ0) is 9.28. The van der Waals surface area contributed by atoms with Gasteiger partial charge in [-0.05, 0) is 13.3 Å². The molecule has 0 amide bonds. The zero-order valence-corrected chi connectivity index (χ0v) is 7.76. The van der Waals surface area contributed by atoms with Gasteiger partial charge in [0.25, 0.3) is 0 Å². The molecule has 0 saturated carbocycles. The van der Waals surface area contributed by atoms with E-state index in [1.54, 1.807) is 6.92 Å². The van der Waals surface area contributed by atoms with Gasteiger partial charge in [-0.2, -0.15) is 0 Å². The molecule has 3 nitrogen and oxygen atoms in total. The van der Waals surface area contributed by atoms with Crippen molar-refractivity contribution in [3.8, 4) is 0 Å². The number of carbonyl (C=O) groups excluding carboxylic acids is 1. The molecule has 1 unspecified atom stereocenters. The molecule has 0 fully saturated rings. The number of ketones is 1. The van der Waals surface area contributed by atoms with Crippen LogP contribution in [-0.4, -0.2) is 24.3 Å². The standard InChI is InChI=1S/C4H10O2.C4H8O/c1-3-4(5)6-2;1-3-4(2)5/h4-5H,3H2,1-2H3;3H2,1-2H3. The second-order valence-corrected chi connectivity index (χ2v) is 2.15. The van der Waals surface area contributed by atoms with Crippen LogP contribution in [0.2, 0.25) is 0 Å². The first-order valence-electron chi connectivity index (χ1n) is 3.78. The Morgan fingerprint density at radius 3 is 1.91 bits per heavy atom. The van der Waals surface area contributed by atoms with Crippen molar-refractivity contribution >= 4 is 5.78 Å². The molecule has 0 saturated heterocycles. The molecule has 0 aliphatic rings. The molecule has 1 N–H and O–H groups in total. The molecular weight excluding hydrogens is 144 g/mol. The number of hydrogen-bond donors (Lipinski definition) is 1. The highest BCUT2D eigenvalue weighted by molar-refractivity contribution is 5.74. The maximum absolute atomic E-state index is 9.81. The van der Waals surface area contributed by atoms with Crippen molar-refractivity contribution in [2.75, 3.05) is 7.11 Å².